The van der Waals surface area contributed by atoms with Crippen molar-refractivity contribution in [1.29, 1.82) is 0 Å². The van der Waals surface area contributed by atoms with Gasteiger partial charge in [-0.2, -0.15) is 0 Å². The van der Waals surface area contributed by atoms with Crippen LogP contribution in [0.2, 0.25) is 0 Å². The molecule has 0 bridgehead atoms. The quantitative estimate of drug-likeness (QED) is 0.144. The molecule has 25 heavy (non-hydrogen) atoms. The molecule has 2 heterocycles. The standard InChI is InChI=1S/2C6H8O6.Zn/c2*7-1-2(8)5-3(9)4(10)6(11)12-5;/h2*2,4-5,7-8,10H,1H2;/q;;+2/t2*2-,4?,5+;/m00./s1. The first-order valence-electron chi connectivity index (χ1n) is 6.58. The molecule has 12 nitrogen and oxygen atoms in total. The van der Waals surface area contributed by atoms with Crippen LogP contribution in [0.25, 0.3) is 0 Å². The Bertz CT molecular complexity index is 476. The third-order valence-corrected chi connectivity index (χ3v) is 3.11. The van der Waals surface area contributed by atoms with Crippen molar-refractivity contribution < 1.29 is 78.8 Å². The van der Waals surface area contributed by atoms with Gasteiger partial charge in [0, 0.05) is 0 Å². The van der Waals surface area contributed by atoms with E-state index in [4.69, 9.17) is 30.6 Å². The molecule has 0 aromatic rings. The van der Waals surface area contributed by atoms with E-state index in [1.807, 2.05) is 0 Å². The predicted octanol–water partition coefficient (Wildman–Crippen LogP) is -5.61. The van der Waals surface area contributed by atoms with Crippen molar-refractivity contribution in [1.82, 2.24) is 0 Å². The number of Topliss-reactive ketones (excluding diaryl/α,β-unsaturated/α-hetero) is 2. The Morgan fingerprint density at radius 1 is 0.760 bits per heavy atom. The second-order valence-electron chi connectivity index (χ2n) is 4.82. The summed E-state index contributed by atoms with van der Waals surface area (Å²) in [6.07, 6.45) is -9.43. The molecular formula is C12H16O12Zn+2. The minimum Gasteiger partial charge on any atom is -0.449 e. The number of ketones is 2. The second kappa shape index (κ2) is 9.97. The van der Waals surface area contributed by atoms with E-state index < -0.39 is 73.3 Å². The first-order chi connectivity index (χ1) is 11.1. The van der Waals surface area contributed by atoms with Crippen molar-refractivity contribution in [3.05, 3.63) is 0 Å². The molecule has 2 aliphatic heterocycles. The van der Waals surface area contributed by atoms with Crippen LogP contribution in [0, 0.1) is 0 Å². The Kier molecular flexibility index (Phi) is 9.44. The van der Waals surface area contributed by atoms with Crippen molar-refractivity contribution in [2.75, 3.05) is 13.2 Å². The number of hydrogen-bond donors (Lipinski definition) is 6. The van der Waals surface area contributed by atoms with Gasteiger partial charge in [-0.15, -0.1) is 0 Å². The largest absolute Gasteiger partial charge is 2.00 e. The van der Waals surface area contributed by atoms with E-state index >= 15 is 0 Å². The maximum Gasteiger partial charge on any atom is 2.00 e. The van der Waals surface area contributed by atoms with E-state index in [1.165, 1.54) is 0 Å². The van der Waals surface area contributed by atoms with Crippen LogP contribution in [-0.2, 0) is 48.1 Å². The summed E-state index contributed by atoms with van der Waals surface area (Å²) < 4.78 is 8.58. The molecule has 136 valence electrons. The number of carbonyl (C=O) groups is 4. The maximum atomic E-state index is 10.8. The second-order valence-corrected chi connectivity index (χ2v) is 4.82. The zero-order valence-electron chi connectivity index (χ0n) is 12.7. The van der Waals surface area contributed by atoms with Crippen LogP contribution < -0.4 is 0 Å². The summed E-state index contributed by atoms with van der Waals surface area (Å²) in [5.74, 6) is -4.00. The summed E-state index contributed by atoms with van der Waals surface area (Å²) in [5.41, 5.74) is 0. The molecule has 0 aromatic carbocycles. The zero-order chi connectivity index (χ0) is 18.6. The van der Waals surface area contributed by atoms with Crippen LogP contribution in [0.1, 0.15) is 0 Å². The fourth-order valence-electron chi connectivity index (χ4n) is 1.77. The van der Waals surface area contributed by atoms with E-state index in [2.05, 4.69) is 9.47 Å². The molecule has 6 atom stereocenters. The summed E-state index contributed by atoms with van der Waals surface area (Å²) in [5, 5.41) is 52.2. The van der Waals surface area contributed by atoms with Gasteiger partial charge in [-0.05, 0) is 0 Å². The Balaban J connectivity index is 0.000000443. The first kappa shape index (κ1) is 23.7. The Morgan fingerprint density at radius 2 is 1.04 bits per heavy atom. The number of esters is 2. The van der Waals surface area contributed by atoms with Gasteiger partial charge < -0.3 is 40.1 Å². The third kappa shape index (κ3) is 5.32. The molecule has 6 N–H and O–H groups in total. The number of carbonyl (C=O) groups excluding carboxylic acids is 4. The maximum absolute atomic E-state index is 10.8. The van der Waals surface area contributed by atoms with Crippen molar-refractivity contribution in [2.45, 2.75) is 36.6 Å². The van der Waals surface area contributed by atoms with Gasteiger partial charge in [-0.25, -0.2) is 9.59 Å². The van der Waals surface area contributed by atoms with E-state index in [1.54, 1.807) is 0 Å². The first-order valence-corrected chi connectivity index (χ1v) is 6.58. The molecule has 2 unspecified atom stereocenters. The summed E-state index contributed by atoms with van der Waals surface area (Å²) in [6, 6.07) is 0. The molecule has 2 fully saturated rings. The average molecular weight is 418 g/mol. The van der Waals surface area contributed by atoms with Crippen molar-refractivity contribution in [3.63, 3.8) is 0 Å². The smallest absolute Gasteiger partial charge is 0.449 e. The molecule has 13 heteroatoms. The van der Waals surface area contributed by atoms with Gasteiger partial charge in [-0.1, -0.05) is 0 Å². The van der Waals surface area contributed by atoms with Crippen LogP contribution in [0.5, 0.6) is 0 Å². The Morgan fingerprint density at radius 3 is 1.20 bits per heavy atom. The number of cyclic esters (lactones) is 2. The zero-order valence-corrected chi connectivity index (χ0v) is 15.7. The number of rotatable bonds is 4. The van der Waals surface area contributed by atoms with Gasteiger partial charge in [0.1, 0.15) is 12.2 Å². The molecular weight excluding hydrogens is 402 g/mol. The summed E-state index contributed by atoms with van der Waals surface area (Å²) in [7, 11) is 0. The Hall–Kier alpha value is -1.34. The third-order valence-electron chi connectivity index (χ3n) is 3.11. The normalized spacial score (nSPS) is 30.6. The minimum absolute atomic E-state index is 0. The predicted molar refractivity (Wildman–Crippen MR) is 68.0 cm³/mol. The fourth-order valence-corrected chi connectivity index (χ4v) is 1.77. The van der Waals surface area contributed by atoms with E-state index in [9.17, 15) is 19.2 Å². The Labute approximate surface area is 152 Å². The van der Waals surface area contributed by atoms with Crippen LogP contribution in [0.4, 0.5) is 0 Å². The molecule has 2 rings (SSSR count). The molecule has 0 amide bonds. The minimum atomic E-state index is -1.82. The number of ether oxygens (including phenoxy) is 2. The molecule has 0 aliphatic carbocycles. The fraction of sp³-hybridized carbons (Fsp3) is 0.667. The van der Waals surface area contributed by atoms with Crippen molar-refractivity contribution in [3.8, 4) is 0 Å². The van der Waals surface area contributed by atoms with Crippen LogP contribution >= 0.6 is 0 Å². The van der Waals surface area contributed by atoms with Gasteiger partial charge in [0.05, 0.1) is 13.2 Å². The van der Waals surface area contributed by atoms with Crippen LogP contribution in [0.15, 0.2) is 0 Å². The summed E-state index contributed by atoms with van der Waals surface area (Å²) in [6.45, 7) is -1.40. The van der Waals surface area contributed by atoms with Gasteiger partial charge in [0.15, 0.2) is 12.2 Å². The van der Waals surface area contributed by atoms with Gasteiger partial charge >= 0.3 is 31.4 Å². The van der Waals surface area contributed by atoms with Crippen molar-refractivity contribution >= 4 is 23.5 Å². The van der Waals surface area contributed by atoms with Crippen LogP contribution in [-0.4, -0.2) is 104 Å². The molecule has 0 radical (unpaired) electrons. The van der Waals surface area contributed by atoms with Gasteiger partial charge in [-0.3, -0.25) is 9.59 Å². The topological polar surface area (TPSA) is 208 Å². The molecule has 0 saturated carbocycles. The number of aliphatic hydroxyl groups excluding tert-OH is 6. The van der Waals surface area contributed by atoms with Crippen molar-refractivity contribution in [2.24, 2.45) is 0 Å². The molecule has 0 spiro atoms. The average Bonchev–Trinajstić information content (AvgIpc) is 2.98. The van der Waals surface area contributed by atoms with E-state index in [0.717, 1.165) is 0 Å². The molecule has 2 saturated heterocycles. The monoisotopic (exact) mass is 416 g/mol. The van der Waals surface area contributed by atoms with Gasteiger partial charge in [0.2, 0.25) is 23.8 Å². The summed E-state index contributed by atoms with van der Waals surface area (Å²) >= 11 is 0. The van der Waals surface area contributed by atoms with Crippen LogP contribution in [0.3, 0.4) is 0 Å². The number of hydrogen-bond acceptors (Lipinski definition) is 12. The van der Waals surface area contributed by atoms with E-state index in [-0.39, 0.29) is 19.5 Å². The molecule has 2 aliphatic rings. The number of aliphatic hydroxyl groups is 6. The molecule has 0 aromatic heterocycles. The van der Waals surface area contributed by atoms with E-state index in [0.29, 0.717) is 0 Å². The summed E-state index contributed by atoms with van der Waals surface area (Å²) in [4.78, 5) is 42.8. The van der Waals surface area contributed by atoms with Gasteiger partial charge in [0.25, 0.3) is 0 Å². The SMILES string of the molecule is O=C1O[C@H]([C@@H](O)CO)C(=O)C1O.O=C1O[C@H]([C@@H](O)CO)C(=O)C1O.[Zn+2].